The van der Waals surface area contributed by atoms with Crippen molar-refractivity contribution in [1.29, 1.82) is 0 Å². The van der Waals surface area contributed by atoms with Crippen LogP contribution in [-0.4, -0.2) is 40.7 Å². The quantitative estimate of drug-likeness (QED) is 0.548. The lowest BCUT2D eigenvalue weighted by Crippen LogP contribution is -2.54. The van der Waals surface area contributed by atoms with Crippen LogP contribution >= 0.6 is 0 Å². The van der Waals surface area contributed by atoms with Crippen LogP contribution in [0.5, 0.6) is 0 Å². The molecule has 2 heterocycles. The molecule has 0 aromatic rings. The normalized spacial score (nSPS) is 32.5. The fourth-order valence-electron chi connectivity index (χ4n) is 1.69. The summed E-state index contributed by atoms with van der Waals surface area (Å²) in [6.07, 6.45) is 1.34. The maximum absolute atomic E-state index is 11.1. The SMILES string of the molecule is NC/C=C1\O[C@@H]2CC(=O)N2[C@@H]1C(=O)O. The molecule has 2 saturated heterocycles. The van der Waals surface area contributed by atoms with Crippen molar-refractivity contribution in [3.8, 4) is 0 Å². The summed E-state index contributed by atoms with van der Waals surface area (Å²) >= 11 is 0. The predicted octanol–water partition coefficient (Wildman–Crippen LogP) is -1.13. The molecular formula is C8H10N2O4. The summed E-state index contributed by atoms with van der Waals surface area (Å²) in [4.78, 5) is 23.2. The van der Waals surface area contributed by atoms with Gasteiger partial charge in [-0.05, 0) is 6.08 Å². The fourth-order valence-corrected chi connectivity index (χ4v) is 1.69. The van der Waals surface area contributed by atoms with Crippen LogP contribution in [0.15, 0.2) is 11.8 Å². The minimum atomic E-state index is -1.08. The van der Waals surface area contributed by atoms with E-state index in [-0.39, 0.29) is 24.6 Å². The number of carboxylic acids is 1. The average Bonchev–Trinajstić information content (AvgIpc) is 2.39. The van der Waals surface area contributed by atoms with Gasteiger partial charge in [0, 0.05) is 6.54 Å². The number of carboxylic acid groups (broad SMARTS) is 1. The van der Waals surface area contributed by atoms with Gasteiger partial charge >= 0.3 is 5.97 Å². The summed E-state index contributed by atoms with van der Waals surface area (Å²) in [5.41, 5.74) is 5.26. The van der Waals surface area contributed by atoms with Crippen molar-refractivity contribution < 1.29 is 19.4 Å². The van der Waals surface area contributed by atoms with E-state index in [1.807, 2.05) is 0 Å². The molecule has 0 saturated carbocycles. The molecule has 76 valence electrons. The van der Waals surface area contributed by atoms with Gasteiger partial charge in [-0.1, -0.05) is 0 Å². The lowest BCUT2D eigenvalue weighted by molar-refractivity contribution is -0.163. The summed E-state index contributed by atoms with van der Waals surface area (Å²) in [5.74, 6) is -1.00. The number of hydrogen-bond acceptors (Lipinski definition) is 4. The Kier molecular flexibility index (Phi) is 1.92. The lowest BCUT2D eigenvalue weighted by atomic mass is 10.1. The molecule has 2 aliphatic heterocycles. The zero-order valence-electron chi connectivity index (χ0n) is 7.34. The van der Waals surface area contributed by atoms with Crippen molar-refractivity contribution in [1.82, 2.24) is 4.90 Å². The maximum atomic E-state index is 11.1. The molecule has 2 atom stereocenters. The highest BCUT2D eigenvalue weighted by Crippen LogP contribution is 2.36. The van der Waals surface area contributed by atoms with Gasteiger partial charge in [0.05, 0.1) is 6.42 Å². The number of ether oxygens (including phenoxy) is 1. The minimum Gasteiger partial charge on any atom is -0.479 e. The van der Waals surface area contributed by atoms with E-state index < -0.39 is 18.2 Å². The van der Waals surface area contributed by atoms with Crippen LogP contribution in [0.1, 0.15) is 6.42 Å². The van der Waals surface area contributed by atoms with E-state index in [0.29, 0.717) is 0 Å². The second kappa shape index (κ2) is 2.98. The molecule has 0 unspecified atom stereocenters. The van der Waals surface area contributed by atoms with E-state index in [1.54, 1.807) is 0 Å². The Bertz CT molecular complexity index is 325. The van der Waals surface area contributed by atoms with Crippen LogP contribution < -0.4 is 5.73 Å². The Hall–Kier alpha value is -1.56. The van der Waals surface area contributed by atoms with E-state index in [2.05, 4.69) is 0 Å². The van der Waals surface area contributed by atoms with Crippen LogP contribution in [-0.2, 0) is 14.3 Å². The van der Waals surface area contributed by atoms with Crippen molar-refractivity contribution in [3.63, 3.8) is 0 Å². The molecule has 0 radical (unpaired) electrons. The highest BCUT2D eigenvalue weighted by Gasteiger charge is 2.53. The molecule has 6 heteroatoms. The third kappa shape index (κ3) is 1.07. The summed E-state index contributed by atoms with van der Waals surface area (Å²) in [7, 11) is 0. The van der Waals surface area contributed by atoms with Crippen LogP contribution in [0.4, 0.5) is 0 Å². The second-order valence-electron chi connectivity index (χ2n) is 3.16. The second-order valence-corrected chi connectivity index (χ2v) is 3.16. The Labute approximate surface area is 79.9 Å². The molecule has 2 aliphatic rings. The Morgan fingerprint density at radius 3 is 3.00 bits per heavy atom. The zero-order chi connectivity index (χ0) is 10.3. The van der Waals surface area contributed by atoms with Gasteiger partial charge in [-0.3, -0.25) is 9.69 Å². The Morgan fingerprint density at radius 1 is 1.79 bits per heavy atom. The number of hydrogen-bond donors (Lipinski definition) is 2. The lowest BCUT2D eigenvalue weighted by Gasteiger charge is -2.33. The standard InChI is InChI=1S/C8H10N2O4/c9-2-1-4-7(8(12)13)10-5(11)3-6(10)14-4/h1,6-7H,2-3,9H2,(H,12,13)/b4-1-/t6-,7+/m1/s1. The molecule has 2 rings (SSSR count). The third-order valence-corrected chi connectivity index (χ3v) is 2.32. The van der Waals surface area contributed by atoms with Crippen molar-refractivity contribution in [2.24, 2.45) is 5.73 Å². The zero-order valence-corrected chi connectivity index (χ0v) is 7.34. The number of carbonyl (C=O) groups excluding carboxylic acids is 1. The molecule has 0 spiro atoms. The minimum absolute atomic E-state index is 0.192. The van der Waals surface area contributed by atoms with Crippen LogP contribution in [0.3, 0.4) is 0 Å². The summed E-state index contributed by atoms with van der Waals surface area (Å²) in [5, 5.41) is 8.89. The average molecular weight is 198 g/mol. The van der Waals surface area contributed by atoms with Gasteiger partial charge in [0.1, 0.15) is 5.76 Å². The van der Waals surface area contributed by atoms with E-state index >= 15 is 0 Å². The maximum Gasteiger partial charge on any atom is 0.334 e. The molecule has 0 aromatic heterocycles. The number of aliphatic carboxylic acids is 1. The van der Waals surface area contributed by atoms with Gasteiger partial charge in [0.25, 0.3) is 0 Å². The number of β-lactam (4-membered cyclic amide) rings is 1. The smallest absolute Gasteiger partial charge is 0.334 e. The number of carbonyl (C=O) groups is 2. The molecule has 0 aromatic carbocycles. The van der Waals surface area contributed by atoms with E-state index in [9.17, 15) is 9.59 Å². The number of amides is 1. The molecule has 2 fully saturated rings. The summed E-state index contributed by atoms with van der Waals surface area (Å²) in [6, 6.07) is -0.982. The van der Waals surface area contributed by atoms with Gasteiger partial charge in [-0.15, -0.1) is 0 Å². The molecule has 0 aliphatic carbocycles. The highest BCUT2D eigenvalue weighted by atomic mass is 16.5. The van der Waals surface area contributed by atoms with E-state index in [4.69, 9.17) is 15.6 Å². The monoisotopic (exact) mass is 198 g/mol. The van der Waals surface area contributed by atoms with E-state index in [1.165, 1.54) is 11.0 Å². The van der Waals surface area contributed by atoms with Crippen LogP contribution in [0, 0.1) is 0 Å². The molecule has 6 nitrogen and oxygen atoms in total. The van der Waals surface area contributed by atoms with Gasteiger partial charge in [-0.25, -0.2) is 4.79 Å². The topological polar surface area (TPSA) is 92.9 Å². The number of rotatable bonds is 2. The molecular weight excluding hydrogens is 188 g/mol. The first kappa shape index (κ1) is 9.01. The first-order chi connectivity index (χ1) is 6.65. The number of fused-ring (bicyclic) bond motifs is 1. The van der Waals surface area contributed by atoms with Crippen molar-refractivity contribution in [2.45, 2.75) is 18.7 Å². The van der Waals surface area contributed by atoms with Gasteiger partial charge in [-0.2, -0.15) is 0 Å². The highest BCUT2D eigenvalue weighted by molar-refractivity contribution is 5.91. The Balaban J connectivity index is 2.26. The van der Waals surface area contributed by atoms with Gasteiger partial charge in [0.2, 0.25) is 5.91 Å². The largest absolute Gasteiger partial charge is 0.479 e. The predicted molar refractivity (Wildman–Crippen MR) is 44.9 cm³/mol. The first-order valence-electron chi connectivity index (χ1n) is 4.26. The number of nitrogens with zero attached hydrogens (tertiary/aromatic N) is 1. The van der Waals surface area contributed by atoms with Gasteiger partial charge < -0.3 is 15.6 Å². The number of nitrogens with two attached hydrogens (primary N) is 1. The van der Waals surface area contributed by atoms with Crippen molar-refractivity contribution in [3.05, 3.63) is 11.8 Å². The molecule has 1 amide bonds. The molecule has 3 N–H and O–H groups in total. The fraction of sp³-hybridized carbons (Fsp3) is 0.500. The summed E-state index contributed by atoms with van der Waals surface area (Å²) in [6.45, 7) is 0.202. The van der Waals surface area contributed by atoms with Crippen LogP contribution in [0.2, 0.25) is 0 Å². The molecule has 0 bridgehead atoms. The first-order valence-corrected chi connectivity index (χ1v) is 4.26. The Morgan fingerprint density at radius 2 is 2.50 bits per heavy atom. The van der Waals surface area contributed by atoms with Gasteiger partial charge in [0.15, 0.2) is 12.3 Å². The van der Waals surface area contributed by atoms with Crippen molar-refractivity contribution in [2.75, 3.05) is 6.54 Å². The van der Waals surface area contributed by atoms with Crippen LogP contribution in [0.25, 0.3) is 0 Å². The summed E-state index contributed by atoms with van der Waals surface area (Å²) < 4.78 is 5.25. The van der Waals surface area contributed by atoms with Crippen molar-refractivity contribution >= 4 is 11.9 Å². The van der Waals surface area contributed by atoms with E-state index in [0.717, 1.165) is 0 Å². The third-order valence-electron chi connectivity index (χ3n) is 2.32. The molecule has 14 heavy (non-hydrogen) atoms.